The first kappa shape index (κ1) is 17.7. The van der Waals surface area contributed by atoms with Crippen LogP contribution in [-0.4, -0.2) is 32.4 Å². The molecule has 0 spiro atoms. The van der Waals surface area contributed by atoms with E-state index in [1.807, 2.05) is 12.1 Å². The highest BCUT2D eigenvalue weighted by Gasteiger charge is 2.23. The Morgan fingerprint density at radius 1 is 1.39 bits per heavy atom. The smallest absolute Gasteiger partial charge is 0.305 e. The number of rotatable bonds is 10. The molecule has 2 rings (SSSR count). The minimum absolute atomic E-state index is 0.0550. The summed E-state index contributed by atoms with van der Waals surface area (Å²) in [5.74, 6) is -0.134. The SMILES string of the molecule is COC(=O)CCCC/C=C/c1ccccc1[C@@H](C)OC[C@H]1CO1. The maximum Gasteiger partial charge on any atom is 0.305 e. The summed E-state index contributed by atoms with van der Waals surface area (Å²) in [5, 5.41) is 0. The molecule has 0 unspecified atom stereocenters. The average molecular weight is 318 g/mol. The fourth-order valence-corrected chi connectivity index (χ4v) is 2.38. The van der Waals surface area contributed by atoms with Gasteiger partial charge in [-0.25, -0.2) is 0 Å². The highest BCUT2D eigenvalue weighted by Crippen LogP contribution is 2.24. The first-order valence-corrected chi connectivity index (χ1v) is 8.26. The number of benzene rings is 1. The molecule has 2 atom stereocenters. The van der Waals surface area contributed by atoms with E-state index in [2.05, 4.69) is 35.9 Å². The summed E-state index contributed by atoms with van der Waals surface area (Å²) in [6.07, 6.45) is 7.94. The van der Waals surface area contributed by atoms with Gasteiger partial charge in [-0.2, -0.15) is 0 Å². The Kier molecular flexibility index (Phi) is 7.30. The molecule has 1 heterocycles. The zero-order valence-corrected chi connectivity index (χ0v) is 14.0. The van der Waals surface area contributed by atoms with Gasteiger partial charge in [0.1, 0.15) is 6.10 Å². The molecule has 1 fully saturated rings. The lowest BCUT2D eigenvalue weighted by Crippen LogP contribution is -2.07. The number of esters is 1. The third-order valence-electron chi connectivity index (χ3n) is 3.90. The number of hydrogen-bond donors (Lipinski definition) is 0. The Bertz CT molecular complexity index is 520. The van der Waals surface area contributed by atoms with Crippen LogP contribution in [0.5, 0.6) is 0 Å². The van der Waals surface area contributed by atoms with Crippen molar-refractivity contribution in [3.63, 3.8) is 0 Å². The monoisotopic (exact) mass is 318 g/mol. The average Bonchev–Trinajstić information content (AvgIpc) is 3.40. The van der Waals surface area contributed by atoms with Gasteiger partial charge in [0, 0.05) is 6.42 Å². The van der Waals surface area contributed by atoms with Gasteiger partial charge in [0.15, 0.2) is 0 Å². The second-order valence-corrected chi connectivity index (χ2v) is 5.78. The van der Waals surface area contributed by atoms with Crippen molar-refractivity contribution >= 4 is 12.0 Å². The molecule has 0 aliphatic carbocycles. The van der Waals surface area contributed by atoms with Crippen LogP contribution in [0.15, 0.2) is 30.3 Å². The van der Waals surface area contributed by atoms with E-state index in [1.54, 1.807) is 0 Å². The summed E-state index contributed by atoms with van der Waals surface area (Å²) >= 11 is 0. The fourth-order valence-electron chi connectivity index (χ4n) is 2.38. The van der Waals surface area contributed by atoms with Crippen molar-refractivity contribution in [2.75, 3.05) is 20.3 Å². The quantitative estimate of drug-likeness (QED) is 0.373. The first-order chi connectivity index (χ1) is 11.2. The number of methoxy groups -OCH3 is 1. The summed E-state index contributed by atoms with van der Waals surface area (Å²) in [7, 11) is 1.43. The number of hydrogen-bond acceptors (Lipinski definition) is 4. The first-order valence-electron chi connectivity index (χ1n) is 8.26. The van der Waals surface area contributed by atoms with E-state index >= 15 is 0 Å². The van der Waals surface area contributed by atoms with Gasteiger partial charge in [-0.15, -0.1) is 0 Å². The van der Waals surface area contributed by atoms with Crippen LogP contribution in [0.1, 0.15) is 49.8 Å². The summed E-state index contributed by atoms with van der Waals surface area (Å²) < 4.78 is 15.7. The number of carbonyl (C=O) groups excluding carboxylic acids is 1. The van der Waals surface area contributed by atoms with E-state index in [9.17, 15) is 4.79 Å². The van der Waals surface area contributed by atoms with Crippen LogP contribution in [0.2, 0.25) is 0 Å². The summed E-state index contributed by atoms with van der Waals surface area (Å²) in [6, 6.07) is 8.29. The molecule has 0 bridgehead atoms. The number of unbranched alkanes of at least 4 members (excludes halogenated alkanes) is 2. The molecule has 126 valence electrons. The van der Waals surface area contributed by atoms with E-state index < -0.39 is 0 Å². The Labute approximate surface area is 138 Å². The molecule has 1 aliphatic rings. The molecule has 1 aliphatic heterocycles. The minimum Gasteiger partial charge on any atom is -0.469 e. The van der Waals surface area contributed by atoms with Crippen LogP contribution in [0.4, 0.5) is 0 Å². The second kappa shape index (κ2) is 9.48. The highest BCUT2D eigenvalue weighted by molar-refractivity contribution is 5.69. The zero-order chi connectivity index (χ0) is 16.5. The largest absolute Gasteiger partial charge is 0.469 e. The number of allylic oxidation sites excluding steroid dienone is 1. The third-order valence-corrected chi connectivity index (χ3v) is 3.90. The van der Waals surface area contributed by atoms with Gasteiger partial charge in [-0.05, 0) is 37.3 Å². The summed E-state index contributed by atoms with van der Waals surface area (Å²) in [5.41, 5.74) is 2.38. The van der Waals surface area contributed by atoms with Crippen molar-refractivity contribution in [3.8, 4) is 0 Å². The highest BCUT2D eigenvalue weighted by atomic mass is 16.6. The molecule has 0 radical (unpaired) electrons. The maximum absolute atomic E-state index is 11.0. The molecule has 4 nitrogen and oxygen atoms in total. The van der Waals surface area contributed by atoms with E-state index in [0.717, 1.165) is 25.9 Å². The van der Waals surface area contributed by atoms with Crippen LogP contribution < -0.4 is 0 Å². The molecule has 0 saturated carbocycles. The van der Waals surface area contributed by atoms with Gasteiger partial charge >= 0.3 is 5.97 Å². The Balaban J connectivity index is 1.79. The van der Waals surface area contributed by atoms with Gasteiger partial charge in [-0.3, -0.25) is 4.79 Å². The van der Waals surface area contributed by atoms with Crippen molar-refractivity contribution in [1.29, 1.82) is 0 Å². The lowest BCUT2D eigenvalue weighted by atomic mass is 10.0. The molecule has 0 aromatic heterocycles. The van der Waals surface area contributed by atoms with Gasteiger partial charge < -0.3 is 14.2 Å². The molecular weight excluding hydrogens is 292 g/mol. The van der Waals surface area contributed by atoms with Gasteiger partial charge in [-0.1, -0.05) is 36.4 Å². The van der Waals surface area contributed by atoms with Crippen LogP contribution in [0, 0.1) is 0 Å². The molecule has 0 N–H and O–H groups in total. The fraction of sp³-hybridized carbons (Fsp3) is 0.526. The van der Waals surface area contributed by atoms with Crippen molar-refractivity contribution in [1.82, 2.24) is 0 Å². The van der Waals surface area contributed by atoms with Crippen molar-refractivity contribution in [3.05, 3.63) is 41.5 Å². The van der Waals surface area contributed by atoms with E-state index in [-0.39, 0.29) is 18.2 Å². The van der Waals surface area contributed by atoms with Crippen molar-refractivity contribution in [2.24, 2.45) is 0 Å². The Morgan fingerprint density at radius 3 is 2.91 bits per heavy atom. The second-order valence-electron chi connectivity index (χ2n) is 5.78. The Morgan fingerprint density at radius 2 is 2.17 bits per heavy atom. The summed E-state index contributed by atoms with van der Waals surface area (Å²) in [6.45, 7) is 3.55. The van der Waals surface area contributed by atoms with E-state index in [1.165, 1.54) is 18.2 Å². The topological polar surface area (TPSA) is 48.1 Å². The van der Waals surface area contributed by atoms with Gasteiger partial charge in [0.05, 0.1) is 26.4 Å². The molecule has 1 aromatic carbocycles. The van der Waals surface area contributed by atoms with Gasteiger partial charge in [0.25, 0.3) is 0 Å². The van der Waals surface area contributed by atoms with Crippen LogP contribution in [0.25, 0.3) is 6.08 Å². The molecule has 1 aromatic rings. The predicted molar refractivity (Wildman–Crippen MR) is 90.1 cm³/mol. The standard InChI is InChI=1S/C19H26O4/c1-15(22-13-17-14-23-17)18-11-8-7-10-16(18)9-5-3-4-6-12-19(20)21-2/h5,7-11,15,17H,3-4,6,12-14H2,1-2H3/b9-5+/t15-,17+/m1/s1. The maximum atomic E-state index is 11.0. The molecule has 1 saturated heterocycles. The summed E-state index contributed by atoms with van der Waals surface area (Å²) in [4.78, 5) is 11.0. The third kappa shape index (κ3) is 6.55. The normalized spacial score (nSPS) is 18.1. The van der Waals surface area contributed by atoms with Gasteiger partial charge in [0.2, 0.25) is 0 Å². The lowest BCUT2D eigenvalue weighted by Gasteiger charge is -2.15. The lowest BCUT2D eigenvalue weighted by molar-refractivity contribution is -0.140. The predicted octanol–water partition coefficient (Wildman–Crippen LogP) is 3.91. The van der Waals surface area contributed by atoms with Crippen LogP contribution >= 0.6 is 0 Å². The molecule has 4 heteroatoms. The molecule has 0 amide bonds. The van der Waals surface area contributed by atoms with Crippen molar-refractivity contribution < 1.29 is 19.0 Å². The van der Waals surface area contributed by atoms with Crippen LogP contribution in [0.3, 0.4) is 0 Å². The van der Waals surface area contributed by atoms with E-state index in [0.29, 0.717) is 13.0 Å². The van der Waals surface area contributed by atoms with Crippen LogP contribution in [-0.2, 0) is 19.0 Å². The number of epoxide rings is 1. The molecule has 23 heavy (non-hydrogen) atoms. The van der Waals surface area contributed by atoms with E-state index in [4.69, 9.17) is 9.47 Å². The number of carbonyl (C=O) groups is 1. The molecular formula is C19H26O4. The minimum atomic E-state index is -0.134. The van der Waals surface area contributed by atoms with Crippen molar-refractivity contribution in [2.45, 2.75) is 44.8 Å². The number of ether oxygens (including phenoxy) is 3. The Hall–Kier alpha value is -1.65. The zero-order valence-electron chi connectivity index (χ0n) is 14.0.